The normalized spacial score (nSPS) is 9.95. The van der Waals surface area contributed by atoms with Crippen molar-refractivity contribution in [3.05, 3.63) is 45.6 Å². The van der Waals surface area contributed by atoms with E-state index in [0.29, 0.717) is 0 Å². The van der Waals surface area contributed by atoms with Crippen LogP contribution in [0.25, 0.3) is 0 Å². The maximum Gasteiger partial charge on any atom is 0.330 e. The van der Waals surface area contributed by atoms with Gasteiger partial charge in [0, 0.05) is 22.0 Å². The molecule has 0 saturated heterocycles. The van der Waals surface area contributed by atoms with Gasteiger partial charge in [-0.15, -0.1) is 0 Å². The van der Waals surface area contributed by atoms with Gasteiger partial charge in [0.2, 0.25) is 5.78 Å². The van der Waals surface area contributed by atoms with Gasteiger partial charge in [0.1, 0.15) is 0 Å². The third-order valence-electron chi connectivity index (χ3n) is 2.52. The highest BCUT2D eigenvalue weighted by atomic mass is 127. The fourth-order valence-electron chi connectivity index (χ4n) is 1.44. The number of aliphatic carboxylic acids is 1. The van der Waals surface area contributed by atoms with Crippen LogP contribution < -0.4 is 0 Å². The first-order valence-electron chi connectivity index (χ1n) is 5.61. The van der Waals surface area contributed by atoms with Crippen molar-refractivity contribution >= 4 is 40.1 Å². The molecule has 5 heteroatoms. The van der Waals surface area contributed by atoms with E-state index in [4.69, 9.17) is 5.11 Å². The van der Waals surface area contributed by atoms with Gasteiger partial charge in [-0.25, -0.2) is 4.79 Å². The number of hydrogen-bond acceptors (Lipinski definition) is 3. The van der Waals surface area contributed by atoms with E-state index in [1.54, 1.807) is 6.07 Å². The molecule has 0 atom stereocenters. The number of rotatable bonds is 7. The van der Waals surface area contributed by atoms with Gasteiger partial charge in [0.15, 0.2) is 5.78 Å². The van der Waals surface area contributed by atoms with Crippen LogP contribution in [0, 0.1) is 3.57 Å². The smallest absolute Gasteiger partial charge is 0.330 e. The molecule has 0 heterocycles. The van der Waals surface area contributed by atoms with Gasteiger partial charge in [-0.3, -0.25) is 9.59 Å². The summed E-state index contributed by atoms with van der Waals surface area (Å²) in [6.45, 7) is 3.32. The first-order chi connectivity index (χ1) is 8.90. The van der Waals surface area contributed by atoms with E-state index >= 15 is 0 Å². The van der Waals surface area contributed by atoms with Crippen LogP contribution in [0.5, 0.6) is 0 Å². The second-order valence-electron chi connectivity index (χ2n) is 4.06. The quantitative estimate of drug-likeness (QED) is 0.453. The Morgan fingerprint density at radius 1 is 1.16 bits per heavy atom. The third-order valence-corrected chi connectivity index (χ3v) is 3.19. The highest BCUT2D eigenvalue weighted by molar-refractivity contribution is 14.1. The molecule has 1 aromatic carbocycles. The molecule has 0 aromatic heterocycles. The van der Waals surface area contributed by atoms with E-state index in [1.807, 2.05) is 18.2 Å². The first-order valence-corrected chi connectivity index (χ1v) is 6.69. The molecule has 0 aliphatic heterocycles. The Balaban J connectivity index is 2.52. The zero-order valence-corrected chi connectivity index (χ0v) is 12.3. The van der Waals surface area contributed by atoms with E-state index in [2.05, 4.69) is 29.2 Å². The molecule has 0 fully saturated rings. The first kappa shape index (κ1) is 15.6. The summed E-state index contributed by atoms with van der Waals surface area (Å²) in [4.78, 5) is 33.8. The average Bonchev–Trinajstić information content (AvgIpc) is 2.35. The molecule has 1 N–H and O–H groups in total. The minimum Gasteiger partial charge on any atom is -0.478 e. The molecule has 1 aromatic rings. The van der Waals surface area contributed by atoms with E-state index in [9.17, 15) is 14.4 Å². The van der Waals surface area contributed by atoms with Crippen molar-refractivity contribution in [2.45, 2.75) is 19.3 Å². The number of carboxylic acids is 1. The van der Waals surface area contributed by atoms with Crippen LogP contribution in [0.15, 0.2) is 36.4 Å². The van der Waals surface area contributed by atoms with Crippen LogP contribution in [-0.4, -0.2) is 22.6 Å². The molecule has 0 spiro atoms. The number of halogens is 1. The van der Waals surface area contributed by atoms with Gasteiger partial charge in [0.05, 0.1) is 0 Å². The second kappa shape index (κ2) is 7.18. The van der Waals surface area contributed by atoms with Gasteiger partial charge < -0.3 is 5.11 Å². The number of carbonyl (C=O) groups excluding carboxylic acids is 2. The number of benzene rings is 1. The Kier molecular flexibility index (Phi) is 5.88. The van der Waals surface area contributed by atoms with Crippen molar-refractivity contribution in [3.63, 3.8) is 0 Å². The standard InChI is InChI=1S/C14H13IO4/c1-9(14(18)19)5-6-12(16)13(17)8-10-3-2-4-11(15)7-10/h2-4,7H,1,5-6,8H2,(H,18,19). The number of carboxylic acid groups (broad SMARTS) is 1. The number of carbonyl (C=O) groups is 3. The fourth-order valence-corrected chi connectivity index (χ4v) is 2.05. The van der Waals surface area contributed by atoms with Crippen molar-refractivity contribution < 1.29 is 19.5 Å². The fraction of sp³-hybridized carbons (Fsp3) is 0.214. The molecule has 0 aliphatic rings. The Bertz CT molecular complexity index is 534. The van der Waals surface area contributed by atoms with Crippen LogP contribution in [0.4, 0.5) is 0 Å². The Morgan fingerprint density at radius 3 is 2.42 bits per heavy atom. The lowest BCUT2D eigenvalue weighted by Crippen LogP contribution is -2.17. The summed E-state index contributed by atoms with van der Waals surface area (Å²) in [7, 11) is 0. The Hall–Kier alpha value is -1.50. The summed E-state index contributed by atoms with van der Waals surface area (Å²) >= 11 is 2.13. The number of Topliss-reactive ketones (excluding diaryl/α,β-unsaturated/α-hetero) is 2. The molecular formula is C14H13IO4. The molecule has 0 radical (unpaired) electrons. The Morgan fingerprint density at radius 2 is 1.84 bits per heavy atom. The summed E-state index contributed by atoms with van der Waals surface area (Å²) in [5.74, 6) is -2.20. The molecule has 0 saturated carbocycles. The minimum atomic E-state index is -1.14. The highest BCUT2D eigenvalue weighted by Crippen LogP contribution is 2.10. The van der Waals surface area contributed by atoms with Crippen LogP contribution in [0.2, 0.25) is 0 Å². The topological polar surface area (TPSA) is 71.4 Å². The van der Waals surface area contributed by atoms with Crippen LogP contribution >= 0.6 is 22.6 Å². The van der Waals surface area contributed by atoms with Crippen molar-refractivity contribution in [2.24, 2.45) is 0 Å². The molecule has 0 amide bonds. The molecule has 100 valence electrons. The predicted molar refractivity (Wildman–Crippen MR) is 78.9 cm³/mol. The lowest BCUT2D eigenvalue weighted by atomic mass is 10.0. The van der Waals surface area contributed by atoms with Gasteiger partial charge in [-0.05, 0) is 46.7 Å². The molecule has 1 rings (SSSR count). The summed E-state index contributed by atoms with van der Waals surface area (Å²) in [6.07, 6.45) is -0.0463. The second-order valence-corrected chi connectivity index (χ2v) is 5.31. The SMILES string of the molecule is C=C(CCC(=O)C(=O)Cc1cccc(I)c1)C(=O)O. The zero-order valence-electron chi connectivity index (χ0n) is 10.2. The zero-order chi connectivity index (χ0) is 14.4. The molecule has 0 aliphatic carbocycles. The largest absolute Gasteiger partial charge is 0.478 e. The number of ketones is 2. The third kappa shape index (κ3) is 5.34. The molecule has 0 bridgehead atoms. The maximum absolute atomic E-state index is 11.7. The van der Waals surface area contributed by atoms with E-state index in [-0.39, 0.29) is 24.8 Å². The van der Waals surface area contributed by atoms with E-state index in [1.165, 1.54) is 0 Å². The van der Waals surface area contributed by atoms with E-state index in [0.717, 1.165) is 9.13 Å². The summed E-state index contributed by atoms with van der Waals surface area (Å²) in [5, 5.41) is 8.60. The van der Waals surface area contributed by atoms with Crippen LogP contribution in [-0.2, 0) is 20.8 Å². The van der Waals surface area contributed by atoms with Crippen molar-refractivity contribution in [1.82, 2.24) is 0 Å². The predicted octanol–water partition coefficient (Wildman–Crippen LogP) is 2.39. The van der Waals surface area contributed by atoms with Gasteiger partial charge in [0.25, 0.3) is 0 Å². The molecular weight excluding hydrogens is 359 g/mol. The van der Waals surface area contributed by atoms with Crippen LogP contribution in [0.3, 0.4) is 0 Å². The van der Waals surface area contributed by atoms with Gasteiger partial charge >= 0.3 is 5.97 Å². The summed E-state index contributed by atoms with van der Waals surface area (Å²) < 4.78 is 0.995. The number of hydrogen-bond donors (Lipinski definition) is 1. The summed E-state index contributed by atoms with van der Waals surface area (Å²) in [6, 6.07) is 7.33. The highest BCUT2D eigenvalue weighted by Gasteiger charge is 2.16. The van der Waals surface area contributed by atoms with Gasteiger partial charge in [-0.1, -0.05) is 18.7 Å². The lowest BCUT2D eigenvalue weighted by molar-refractivity contribution is -0.136. The molecule has 0 unspecified atom stereocenters. The van der Waals surface area contributed by atoms with Crippen molar-refractivity contribution in [1.29, 1.82) is 0 Å². The van der Waals surface area contributed by atoms with E-state index < -0.39 is 17.5 Å². The monoisotopic (exact) mass is 372 g/mol. The maximum atomic E-state index is 11.7. The average molecular weight is 372 g/mol. The van der Waals surface area contributed by atoms with Crippen LogP contribution in [0.1, 0.15) is 18.4 Å². The lowest BCUT2D eigenvalue weighted by Gasteiger charge is -2.02. The molecule has 19 heavy (non-hydrogen) atoms. The van der Waals surface area contributed by atoms with Crippen molar-refractivity contribution in [2.75, 3.05) is 0 Å². The summed E-state index contributed by atoms with van der Waals surface area (Å²) in [5.41, 5.74) is 0.720. The van der Waals surface area contributed by atoms with Gasteiger partial charge in [-0.2, -0.15) is 0 Å². The minimum absolute atomic E-state index is 0.00618. The van der Waals surface area contributed by atoms with Crippen molar-refractivity contribution in [3.8, 4) is 0 Å². The Labute approximate surface area is 124 Å². The molecule has 4 nitrogen and oxygen atoms in total.